The molecule has 5 heteroatoms. The molecule has 0 amide bonds. The molecule has 2 aliphatic heterocycles. The summed E-state index contributed by atoms with van der Waals surface area (Å²) < 4.78 is 0. The van der Waals surface area contributed by atoms with Crippen LogP contribution in [0.5, 0.6) is 0 Å². The van der Waals surface area contributed by atoms with E-state index in [0.717, 1.165) is 26.2 Å². The quantitative estimate of drug-likeness (QED) is 0.481. The Morgan fingerprint density at radius 1 is 1.20 bits per heavy atom. The molecule has 2 heterocycles. The van der Waals surface area contributed by atoms with Gasteiger partial charge in [-0.3, -0.25) is 10.4 Å². The standard InChI is InChI=1S/C3H6N2.C2H5N3/c1-2-5-3-4-1;1-2-4-5-3-1/h3H,1-2H2,(H,4,5);1-2H2,(H,3,4). The number of hydrogen-bond acceptors (Lipinski definition) is 5. The van der Waals surface area contributed by atoms with Crippen molar-refractivity contribution >= 4 is 6.34 Å². The number of hydrogen-bond donors (Lipinski definition) is 2. The maximum Gasteiger partial charge on any atom is 0.0825 e. The summed E-state index contributed by atoms with van der Waals surface area (Å²) in [6.07, 6.45) is 1.74. The fraction of sp³-hybridized carbons (Fsp3) is 0.800. The van der Waals surface area contributed by atoms with Crippen molar-refractivity contribution in [1.29, 1.82) is 0 Å². The van der Waals surface area contributed by atoms with Crippen LogP contribution in [-0.2, 0) is 0 Å². The van der Waals surface area contributed by atoms with Crippen molar-refractivity contribution in [3.05, 3.63) is 0 Å². The Balaban J connectivity index is 0.0000001000. The van der Waals surface area contributed by atoms with Crippen LogP contribution < -0.4 is 10.7 Å². The van der Waals surface area contributed by atoms with E-state index in [-0.39, 0.29) is 0 Å². The molecule has 0 spiro atoms. The fourth-order valence-corrected chi connectivity index (χ4v) is 0.573. The topological polar surface area (TPSA) is 61.1 Å². The van der Waals surface area contributed by atoms with Crippen LogP contribution in [0.15, 0.2) is 15.3 Å². The molecule has 2 rings (SSSR count). The predicted molar refractivity (Wildman–Crippen MR) is 39.1 cm³/mol. The Morgan fingerprint density at radius 2 is 2.20 bits per heavy atom. The first-order valence-corrected chi connectivity index (χ1v) is 3.31. The highest BCUT2D eigenvalue weighted by molar-refractivity contribution is 5.56. The SMILES string of the molecule is C1=NCCN1.C1CNN=N1. The van der Waals surface area contributed by atoms with Gasteiger partial charge in [0.25, 0.3) is 0 Å². The van der Waals surface area contributed by atoms with Gasteiger partial charge in [-0.25, -0.2) is 0 Å². The van der Waals surface area contributed by atoms with E-state index >= 15 is 0 Å². The molecule has 0 unspecified atom stereocenters. The second-order valence-electron chi connectivity index (χ2n) is 1.86. The van der Waals surface area contributed by atoms with Gasteiger partial charge in [-0.15, -0.1) is 0 Å². The Bertz CT molecular complexity index is 102. The number of nitrogens with one attached hydrogen (secondary N) is 2. The Kier molecular flexibility index (Phi) is 3.30. The first kappa shape index (κ1) is 6.98. The van der Waals surface area contributed by atoms with Crippen LogP contribution in [-0.4, -0.2) is 32.5 Å². The van der Waals surface area contributed by atoms with Crippen molar-refractivity contribution in [3.63, 3.8) is 0 Å². The molecule has 0 aromatic carbocycles. The van der Waals surface area contributed by atoms with E-state index in [1.807, 2.05) is 0 Å². The van der Waals surface area contributed by atoms with E-state index in [0.29, 0.717) is 0 Å². The second-order valence-corrected chi connectivity index (χ2v) is 1.86. The second kappa shape index (κ2) is 4.72. The zero-order valence-electron chi connectivity index (χ0n) is 5.75. The summed E-state index contributed by atoms with van der Waals surface area (Å²) in [4.78, 5) is 3.85. The van der Waals surface area contributed by atoms with Gasteiger partial charge in [-0.2, -0.15) is 5.11 Å². The third-order valence-electron chi connectivity index (χ3n) is 1.03. The highest BCUT2D eigenvalue weighted by Crippen LogP contribution is 1.76. The minimum atomic E-state index is 0.847. The summed E-state index contributed by atoms with van der Waals surface area (Å²) in [6, 6.07) is 0. The molecule has 0 aromatic rings. The Morgan fingerprint density at radius 3 is 2.40 bits per heavy atom. The van der Waals surface area contributed by atoms with E-state index in [4.69, 9.17) is 0 Å². The van der Waals surface area contributed by atoms with Crippen LogP contribution in [0.1, 0.15) is 0 Å². The lowest BCUT2D eigenvalue weighted by molar-refractivity contribution is 0.828. The van der Waals surface area contributed by atoms with E-state index < -0.39 is 0 Å². The van der Waals surface area contributed by atoms with Crippen LogP contribution in [0.4, 0.5) is 0 Å². The van der Waals surface area contributed by atoms with Crippen molar-refractivity contribution in [1.82, 2.24) is 10.7 Å². The number of rotatable bonds is 0. The molecule has 10 heavy (non-hydrogen) atoms. The summed E-state index contributed by atoms with van der Waals surface area (Å²) in [5.41, 5.74) is 2.68. The van der Waals surface area contributed by atoms with Crippen LogP contribution >= 0.6 is 0 Å². The van der Waals surface area contributed by atoms with Gasteiger partial charge >= 0.3 is 0 Å². The van der Waals surface area contributed by atoms with Gasteiger partial charge < -0.3 is 5.32 Å². The Hall–Kier alpha value is -1.13. The first-order valence-electron chi connectivity index (χ1n) is 3.31. The molecule has 2 aliphatic rings. The van der Waals surface area contributed by atoms with Crippen molar-refractivity contribution in [2.24, 2.45) is 15.3 Å². The summed E-state index contributed by atoms with van der Waals surface area (Å²) in [5, 5.41) is 9.99. The lowest BCUT2D eigenvalue weighted by Crippen LogP contribution is -2.04. The predicted octanol–water partition coefficient (Wildman–Crippen LogP) is -0.425. The van der Waals surface area contributed by atoms with Crippen LogP contribution in [0, 0.1) is 0 Å². The third kappa shape index (κ3) is 3.01. The molecule has 0 radical (unpaired) electrons. The molecule has 5 nitrogen and oxygen atoms in total. The average molecular weight is 141 g/mol. The normalized spacial score (nSPS) is 19.2. The molecule has 2 N–H and O–H groups in total. The van der Waals surface area contributed by atoms with E-state index in [9.17, 15) is 0 Å². The van der Waals surface area contributed by atoms with Crippen LogP contribution in [0.2, 0.25) is 0 Å². The lowest BCUT2D eigenvalue weighted by atomic mass is 10.7. The van der Waals surface area contributed by atoms with E-state index in [1.54, 1.807) is 6.34 Å². The molecule has 0 atom stereocenters. The lowest BCUT2D eigenvalue weighted by Gasteiger charge is -1.75. The minimum Gasteiger partial charge on any atom is -0.375 e. The summed E-state index contributed by atoms with van der Waals surface area (Å²) in [6.45, 7) is 3.75. The van der Waals surface area contributed by atoms with Crippen molar-refractivity contribution in [2.75, 3.05) is 26.2 Å². The van der Waals surface area contributed by atoms with Gasteiger partial charge in [0.05, 0.1) is 26.0 Å². The van der Waals surface area contributed by atoms with Gasteiger partial charge in [-0.05, 0) is 0 Å². The molecular weight excluding hydrogens is 130 g/mol. The van der Waals surface area contributed by atoms with Crippen molar-refractivity contribution in [3.8, 4) is 0 Å². The van der Waals surface area contributed by atoms with E-state index in [2.05, 4.69) is 26.1 Å². The average Bonchev–Trinajstić information content (AvgIpc) is 2.67. The number of aliphatic imine (C=N–C) groups is 1. The maximum atomic E-state index is 3.85. The van der Waals surface area contributed by atoms with Gasteiger partial charge in [0.2, 0.25) is 0 Å². The molecule has 56 valence electrons. The zero-order valence-corrected chi connectivity index (χ0v) is 5.75. The van der Waals surface area contributed by atoms with Crippen molar-refractivity contribution < 1.29 is 0 Å². The van der Waals surface area contributed by atoms with Gasteiger partial charge in [0, 0.05) is 6.54 Å². The van der Waals surface area contributed by atoms with Gasteiger partial charge in [-0.1, -0.05) is 5.22 Å². The number of nitrogens with zero attached hydrogens (tertiary/aromatic N) is 3. The van der Waals surface area contributed by atoms with Crippen molar-refractivity contribution in [2.45, 2.75) is 0 Å². The molecular formula is C5H11N5. The largest absolute Gasteiger partial charge is 0.375 e. The van der Waals surface area contributed by atoms with Crippen LogP contribution in [0.25, 0.3) is 0 Å². The molecule has 0 saturated carbocycles. The van der Waals surface area contributed by atoms with E-state index in [1.165, 1.54) is 0 Å². The fourth-order valence-electron chi connectivity index (χ4n) is 0.573. The van der Waals surface area contributed by atoms with Crippen LogP contribution in [0.3, 0.4) is 0 Å². The summed E-state index contributed by atoms with van der Waals surface area (Å²) in [7, 11) is 0. The first-order chi connectivity index (χ1) is 5.00. The molecule has 0 fully saturated rings. The molecule has 0 aliphatic carbocycles. The van der Waals surface area contributed by atoms with Gasteiger partial charge in [0.15, 0.2) is 0 Å². The zero-order chi connectivity index (χ0) is 7.07. The molecule has 0 aromatic heterocycles. The highest BCUT2D eigenvalue weighted by Gasteiger charge is 1.84. The Labute approximate surface area is 59.6 Å². The summed E-state index contributed by atoms with van der Waals surface area (Å²) >= 11 is 0. The summed E-state index contributed by atoms with van der Waals surface area (Å²) in [5.74, 6) is 0. The highest BCUT2D eigenvalue weighted by atomic mass is 15.5. The minimum absolute atomic E-state index is 0.847. The smallest absolute Gasteiger partial charge is 0.0825 e. The van der Waals surface area contributed by atoms with Gasteiger partial charge in [0.1, 0.15) is 0 Å². The third-order valence-corrected chi connectivity index (χ3v) is 1.03. The molecule has 0 saturated heterocycles. The molecule has 0 bridgehead atoms. The monoisotopic (exact) mass is 141 g/mol. The maximum absolute atomic E-state index is 3.85.